The summed E-state index contributed by atoms with van der Waals surface area (Å²) in [6, 6.07) is 11.0. The van der Waals surface area contributed by atoms with Crippen LogP contribution in [0.4, 0.5) is 0 Å². The predicted molar refractivity (Wildman–Crippen MR) is 85.1 cm³/mol. The molecule has 1 aromatic heterocycles. The Bertz CT molecular complexity index is 853. The smallest absolute Gasteiger partial charge is 0.143 e. The average Bonchev–Trinajstić information content (AvgIpc) is 3.22. The average molecular weight is 319 g/mol. The Hall–Kier alpha value is -1.71. The third kappa shape index (κ3) is 2.08. The molecule has 2 aromatic carbocycles. The minimum atomic E-state index is 0.176. The summed E-state index contributed by atoms with van der Waals surface area (Å²) in [5, 5.41) is 11.0. The summed E-state index contributed by atoms with van der Waals surface area (Å²) in [4.78, 5) is 4.69. The van der Waals surface area contributed by atoms with Crippen molar-refractivity contribution in [2.75, 3.05) is 0 Å². The quantitative estimate of drug-likeness (QED) is 0.718. The zero-order chi connectivity index (χ0) is 14.6. The normalized spacial score (nSPS) is 14.8. The first kappa shape index (κ1) is 13.0. The molecule has 0 saturated heterocycles. The Morgan fingerprint density at radius 3 is 2.67 bits per heavy atom. The van der Waals surface area contributed by atoms with E-state index in [0.717, 1.165) is 35.3 Å². The predicted octanol–water partition coefficient (Wildman–Crippen LogP) is 5.05. The van der Waals surface area contributed by atoms with Crippen LogP contribution in [0, 0.1) is 0 Å². The van der Waals surface area contributed by atoms with E-state index in [1.165, 1.54) is 0 Å². The lowest BCUT2D eigenvalue weighted by Crippen LogP contribution is -1.98. The SMILES string of the molecule is Oc1ccc(Cl)c(-c2nc3cccc(Cl)c3n2C2CC2)c1. The van der Waals surface area contributed by atoms with Crippen LogP contribution in [0.2, 0.25) is 10.0 Å². The first-order chi connectivity index (χ1) is 10.1. The number of aromatic hydroxyl groups is 1. The van der Waals surface area contributed by atoms with Crippen LogP contribution in [0.3, 0.4) is 0 Å². The van der Waals surface area contributed by atoms with Crippen molar-refractivity contribution in [3.63, 3.8) is 0 Å². The molecule has 1 heterocycles. The standard InChI is InChI=1S/C16H12Cl2N2O/c17-12-7-6-10(21)8-11(12)16-19-14-3-1-2-13(18)15(14)20(16)9-4-5-9/h1-3,6-9,21H,4-5H2. The van der Waals surface area contributed by atoms with Crippen LogP contribution in [0.1, 0.15) is 18.9 Å². The molecule has 0 radical (unpaired) electrons. The lowest BCUT2D eigenvalue weighted by molar-refractivity contribution is 0.475. The number of rotatable bonds is 2. The number of benzene rings is 2. The molecule has 4 rings (SSSR count). The van der Waals surface area contributed by atoms with E-state index < -0.39 is 0 Å². The van der Waals surface area contributed by atoms with Crippen LogP contribution >= 0.6 is 23.2 Å². The van der Waals surface area contributed by atoms with Gasteiger partial charge in [-0.2, -0.15) is 0 Å². The van der Waals surface area contributed by atoms with Gasteiger partial charge in [-0.1, -0.05) is 29.3 Å². The van der Waals surface area contributed by atoms with Crippen molar-refractivity contribution < 1.29 is 5.11 Å². The van der Waals surface area contributed by atoms with Gasteiger partial charge in [-0.3, -0.25) is 0 Å². The minimum absolute atomic E-state index is 0.176. The number of imidazole rings is 1. The highest BCUT2D eigenvalue weighted by Gasteiger charge is 2.30. The highest BCUT2D eigenvalue weighted by molar-refractivity contribution is 6.35. The monoisotopic (exact) mass is 318 g/mol. The number of nitrogens with zero attached hydrogens (tertiary/aromatic N) is 2. The molecule has 1 N–H and O–H groups in total. The van der Waals surface area contributed by atoms with Gasteiger partial charge in [-0.15, -0.1) is 0 Å². The topological polar surface area (TPSA) is 38.1 Å². The van der Waals surface area contributed by atoms with Crippen LogP contribution in [0.25, 0.3) is 22.4 Å². The van der Waals surface area contributed by atoms with Crippen molar-refractivity contribution in [1.82, 2.24) is 9.55 Å². The van der Waals surface area contributed by atoms with Crippen LogP contribution in [-0.2, 0) is 0 Å². The third-order valence-corrected chi connectivity index (χ3v) is 4.40. The first-order valence-electron chi connectivity index (χ1n) is 6.80. The van der Waals surface area contributed by atoms with Crippen LogP contribution in [-0.4, -0.2) is 14.7 Å². The van der Waals surface area contributed by atoms with E-state index in [-0.39, 0.29) is 5.75 Å². The van der Waals surface area contributed by atoms with E-state index in [0.29, 0.717) is 16.1 Å². The molecule has 5 heteroatoms. The Morgan fingerprint density at radius 1 is 1.10 bits per heavy atom. The van der Waals surface area contributed by atoms with Crippen molar-refractivity contribution in [2.24, 2.45) is 0 Å². The molecule has 0 amide bonds. The van der Waals surface area contributed by atoms with Gasteiger partial charge >= 0.3 is 0 Å². The fourth-order valence-corrected chi connectivity index (χ4v) is 3.13. The number of para-hydroxylation sites is 1. The summed E-state index contributed by atoms with van der Waals surface area (Å²) in [7, 11) is 0. The van der Waals surface area contributed by atoms with E-state index in [1.807, 2.05) is 18.2 Å². The Labute approximate surface area is 131 Å². The lowest BCUT2D eigenvalue weighted by Gasteiger charge is -2.10. The van der Waals surface area contributed by atoms with Gasteiger partial charge in [0.2, 0.25) is 0 Å². The molecule has 0 spiro atoms. The fraction of sp³-hybridized carbons (Fsp3) is 0.188. The number of fused-ring (bicyclic) bond motifs is 1. The van der Waals surface area contributed by atoms with Gasteiger partial charge in [-0.05, 0) is 43.2 Å². The van der Waals surface area contributed by atoms with Crippen LogP contribution in [0.5, 0.6) is 5.75 Å². The third-order valence-electron chi connectivity index (χ3n) is 3.76. The summed E-state index contributed by atoms with van der Waals surface area (Å²) >= 11 is 12.7. The van der Waals surface area contributed by atoms with E-state index in [2.05, 4.69) is 9.55 Å². The highest BCUT2D eigenvalue weighted by atomic mass is 35.5. The van der Waals surface area contributed by atoms with Crippen LogP contribution in [0.15, 0.2) is 36.4 Å². The maximum absolute atomic E-state index is 9.75. The second-order valence-corrected chi connectivity index (χ2v) is 6.12. The van der Waals surface area contributed by atoms with Crippen LogP contribution < -0.4 is 0 Å². The van der Waals surface area contributed by atoms with Crippen molar-refractivity contribution >= 4 is 34.2 Å². The van der Waals surface area contributed by atoms with Gasteiger partial charge in [0.1, 0.15) is 11.6 Å². The largest absolute Gasteiger partial charge is 0.508 e. The summed E-state index contributed by atoms with van der Waals surface area (Å²) in [6.07, 6.45) is 2.22. The maximum atomic E-state index is 9.75. The highest BCUT2D eigenvalue weighted by Crippen LogP contribution is 2.44. The lowest BCUT2D eigenvalue weighted by atomic mass is 10.2. The van der Waals surface area contributed by atoms with Gasteiger partial charge in [0.15, 0.2) is 0 Å². The summed E-state index contributed by atoms with van der Waals surface area (Å²) in [5.41, 5.74) is 2.52. The van der Waals surface area contributed by atoms with E-state index >= 15 is 0 Å². The number of aromatic nitrogens is 2. The molecule has 1 fully saturated rings. The summed E-state index contributed by atoms with van der Waals surface area (Å²) in [6.45, 7) is 0. The Morgan fingerprint density at radius 2 is 1.90 bits per heavy atom. The molecule has 1 saturated carbocycles. The molecule has 1 aliphatic carbocycles. The maximum Gasteiger partial charge on any atom is 0.143 e. The summed E-state index contributed by atoms with van der Waals surface area (Å²) < 4.78 is 2.15. The first-order valence-corrected chi connectivity index (χ1v) is 7.56. The molecule has 0 bridgehead atoms. The molecule has 0 atom stereocenters. The van der Waals surface area contributed by atoms with Gasteiger partial charge in [0.25, 0.3) is 0 Å². The molecule has 0 unspecified atom stereocenters. The van der Waals surface area contributed by atoms with Gasteiger partial charge in [-0.25, -0.2) is 4.98 Å². The van der Waals surface area contributed by atoms with E-state index in [9.17, 15) is 5.11 Å². The molecule has 0 aliphatic heterocycles. The number of hydrogen-bond acceptors (Lipinski definition) is 2. The molecule has 1 aliphatic rings. The fourth-order valence-electron chi connectivity index (χ4n) is 2.67. The van der Waals surface area contributed by atoms with Crippen molar-refractivity contribution in [3.8, 4) is 17.1 Å². The van der Waals surface area contributed by atoms with E-state index in [4.69, 9.17) is 23.2 Å². The number of halogens is 2. The van der Waals surface area contributed by atoms with Gasteiger partial charge in [0.05, 0.1) is 21.1 Å². The Kier molecular flexibility index (Phi) is 2.88. The molecule has 3 aromatic rings. The number of phenols is 1. The molecule has 3 nitrogen and oxygen atoms in total. The van der Waals surface area contributed by atoms with Gasteiger partial charge in [0, 0.05) is 11.6 Å². The second kappa shape index (κ2) is 4.65. The second-order valence-electron chi connectivity index (χ2n) is 5.31. The molecular weight excluding hydrogens is 307 g/mol. The van der Waals surface area contributed by atoms with Gasteiger partial charge < -0.3 is 9.67 Å². The zero-order valence-corrected chi connectivity index (χ0v) is 12.6. The summed E-state index contributed by atoms with van der Waals surface area (Å²) in [5.74, 6) is 0.941. The van der Waals surface area contributed by atoms with Crippen molar-refractivity contribution in [3.05, 3.63) is 46.4 Å². The van der Waals surface area contributed by atoms with Crippen molar-refractivity contribution in [2.45, 2.75) is 18.9 Å². The molecule has 106 valence electrons. The minimum Gasteiger partial charge on any atom is -0.508 e. The molecule has 21 heavy (non-hydrogen) atoms. The number of phenolic OH excluding ortho intramolecular Hbond substituents is 1. The van der Waals surface area contributed by atoms with E-state index in [1.54, 1.807) is 18.2 Å². The molecular formula is C16H12Cl2N2O. The Balaban J connectivity index is 2.07. The van der Waals surface area contributed by atoms with Crippen molar-refractivity contribution in [1.29, 1.82) is 0 Å². The zero-order valence-electron chi connectivity index (χ0n) is 11.1. The number of hydrogen-bond donors (Lipinski definition) is 1.